The quantitative estimate of drug-likeness (QED) is 0.275. The van der Waals surface area contributed by atoms with Crippen LogP contribution in [0.5, 0.6) is 0 Å². The highest BCUT2D eigenvalue weighted by molar-refractivity contribution is 14.1. The van der Waals surface area contributed by atoms with Crippen LogP contribution < -0.4 is 21.2 Å². The SMILES string of the molecule is F[B-](F)(F)F.Ic1ccc([I+]c2ccc(I)cc2)cc1. The normalized spacial score (nSPS) is 10.7. The molecule has 2 aromatic rings. The molecule has 0 unspecified atom stereocenters. The summed E-state index contributed by atoms with van der Waals surface area (Å²) in [5.41, 5.74) is 0. The van der Waals surface area contributed by atoms with Crippen LogP contribution in [-0.2, 0) is 0 Å². The monoisotopic (exact) mass is 620 g/mol. The maximum absolute atomic E-state index is 9.75. The molecule has 0 saturated heterocycles. The second-order valence-corrected chi connectivity index (χ2v) is 8.98. The molecule has 108 valence electrons. The van der Waals surface area contributed by atoms with Crippen molar-refractivity contribution in [1.29, 1.82) is 0 Å². The van der Waals surface area contributed by atoms with Crippen molar-refractivity contribution in [2.45, 2.75) is 0 Å². The minimum Gasteiger partial charge on any atom is -0.418 e. The maximum Gasteiger partial charge on any atom is 0.673 e. The van der Waals surface area contributed by atoms with E-state index in [0.717, 1.165) is 0 Å². The number of halogens is 7. The summed E-state index contributed by atoms with van der Waals surface area (Å²) in [5.74, 6) is 0. The summed E-state index contributed by atoms with van der Waals surface area (Å²) in [5, 5.41) is 0. The fourth-order valence-electron chi connectivity index (χ4n) is 1.11. The van der Waals surface area contributed by atoms with Crippen LogP contribution in [0.1, 0.15) is 0 Å². The fraction of sp³-hybridized carbons (Fsp3) is 0. The Kier molecular flexibility index (Phi) is 8.09. The average molecular weight is 620 g/mol. The summed E-state index contributed by atoms with van der Waals surface area (Å²) in [7, 11) is -6.00. The smallest absolute Gasteiger partial charge is 0.418 e. The molecular weight excluding hydrogens is 612 g/mol. The Balaban J connectivity index is 0.000000347. The zero-order valence-corrected chi connectivity index (χ0v) is 16.3. The first-order valence-corrected chi connectivity index (χ1v) is 9.59. The zero-order valence-electron chi connectivity index (χ0n) is 9.84. The summed E-state index contributed by atoms with van der Waals surface area (Å²) < 4.78 is 44.6. The third kappa shape index (κ3) is 9.37. The molecule has 8 heteroatoms. The molecule has 0 atom stereocenters. The first-order valence-electron chi connectivity index (χ1n) is 5.27. The Morgan fingerprint density at radius 1 is 0.650 bits per heavy atom. The molecule has 0 bridgehead atoms. The van der Waals surface area contributed by atoms with E-state index >= 15 is 0 Å². The van der Waals surface area contributed by atoms with E-state index in [0.29, 0.717) is 0 Å². The van der Waals surface area contributed by atoms with Gasteiger partial charge < -0.3 is 17.3 Å². The molecule has 0 radical (unpaired) electrons. The Morgan fingerprint density at radius 3 is 1.15 bits per heavy atom. The van der Waals surface area contributed by atoms with E-state index in [2.05, 4.69) is 93.7 Å². The van der Waals surface area contributed by atoms with Gasteiger partial charge in [0.1, 0.15) is 0 Å². The highest BCUT2D eigenvalue weighted by atomic mass is 127. The summed E-state index contributed by atoms with van der Waals surface area (Å²) in [4.78, 5) is 0. The van der Waals surface area contributed by atoms with Crippen LogP contribution >= 0.6 is 45.2 Å². The van der Waals surface area contributed by atoms with Crippen molar-refractivity contribution in [2.24, 2.45) is 0 Å². The van der Waals surface area contributed by atoms with Crippen molar-refractivity contribution in [2.75, 3.05) is 0 Å². The molecule has 2 rings (SSSR count). The third-order valence-electron chi connectivity index (χ3n) is 1.83. The Morgan fingerprint density at radius 2 is 0.900 bits per heavy atom. The lowest BCUT2D eigenvalue weighted by Gasteiger charge is -1.94. The molecule has 0 saturated carbocycles. The van der Waals surface area contributed by atoms with E-state index in [4.69, 9.17) is 0 Å². The second kappa shape index (κ2) is 8.76. The molecule has 0 aliphatic carbocycles. The van der Waals surface area contributed by atoms with Crippen molar-refractivity contribution in [3.8, 4) is 0 Å². The molecule has 0 spiro atoms. The van der Waals surface area contributed by atoms with Crippen molar-refractivity contribution < 1.29 is 38.5 Å². The summed E-state index contributed by atoms with van der Waals surface area (Å²) in [6, 6.07) is 17.7. The van der Waals surface area contributed by atoms with Crippen LogP contribution in [0.2, 0.25) is 0 Å². The van der Waals surface area contributed by atoms with Crippen molar-refractivity contribution in [3.63, 3.8) is 0 Å². The fourth-order valence-corrected chi connectivity index (χ4v) is 3.99. The predicted octanol–water partition coefficient (Wildman–Crippen LogP) is 2.32. The van der Waals surface area contributed by atoms with Crippen LogP contribution in [0.4, 0.5) is 17.3 Å². The van der Waals surface area contributed by atoms with E-state index in [1.165, 1.54) is 14.3 Å². The van der Waals surface area contributed by atoms with Gasteiger partial charge in [-0.15, -0.1) is 0 Å². The number of hydrogen-bond donors (Lipinski definition) is 0. The van der Waals surface area contributed by atoms with Gasteiger partial charge >= 0.3 is 28.5 Å². The molecular formula is C12H8BF4I3. The highest BCUT2D eigenvalue weighted by Gasteiger charge is 2.20. The van der Waals surface area contributed by atoms with Gasteiger partial charge in [0.25, 0.3) is 0 Å². The van der Waals surface area contributed by atoms with Gasteiger partial charge in [0.05, 0.1) is 0 Å². The molecule has 20 heavy (non-hydrogen) atoms. The van der Waals surface area contributed by atoms with Gasteiger partial charge in [0.15, 0.2) is 7.14 Å². The van der Waals surface area contributed by atoms with Crippen LogP contribution in [0.3, 0.4) is 0 Å². The first kappa shape index (κ1) is 18.5. The number of hydrogen-bond acceptors (Lipinski definition) is 0. The number of rotatable bonds is 2. The second-order valence-electron chi connectivity index (χ2n) is 3.46. The predicted molar refractivity (Wildman–Crippen MR) is 85.9 cm³/mol. The largest absolute Gasteiger partial charge is 0.673 e. The third-order valence-corrected chi connectivity index (χ3v) is 5.95. The average Bonchev–Trinajstić information content (AvgIpc) is 2.33. The Hall–Kier alpha value is 0.415. The summed E-state index contributed by atoms with van der Waals surface area (Å²) >= 11 is 4.68. The van der Waals surface area contributed by atoms with Gasteiger partial charge in [-0.3, -0.25) is 0 Å². The molecule has 2 aromatic carbocycles. The minimum absolute atomic E-state index is 0.00353. The van der Waals surface area contributed by atoms with Gasteiger partial charge in [-0.25, -0.2) is 0 Å². The molecule has 0 amide bonds. The molecule has 0 aromatic heterocycles. The molecule has 0 fully saturated rings. The molecule has 0 N–H and O–H groups in total. The summed E-state index contributed by atoms with van der Waals surface area (Å²) in [6.45, 7) is 0. The summed E-state index contributed by atoms with van der Waals surface area (Å²) in [6.07, 6.45) is 0. The highest BCUT2D eigenvalue weighted by Crippen LogP contribution is 2.06. The molecule has 0 heterocycles. The molecule has 0 aliphatic rings. The van der Waals surface area contributed by atoms with E-state index in [-0.39, 0.29) is 21.2 Å². The van der Waals surface area contributed by atoms with Gasteiger partial charge in [0, 0.05) is 7.14 Å². The molecule has 0 nitrogen and oxygen atoms in total. The van der Waals surface area contributed by atoms with E-state index in [1.807, 2.05) is 0 Å². The standard InChI is InChI=1S/C12H8I3.BF4/c13-9-1-5-11(6-2-9)15-12-7-3-10(14)4-8-12;2-1(3,4)5/h1-8H;/q+1;-1. The van der Waals surface area contributed by atoms with Gasteiger partial charge in [-0.1, -0.05) is 0 Å². The van der Waals surface area contributed by atoms with E-state index in [9.17, 15) is 17.3 Å². The van der Waals surface area contributed by atoms with Crippen molar-refractivity contribution >= 4 is 52.4 Å². The van der Waals surface area contributed by atoms with Gasteiger partial charge in [-0.2, -0.15) is 0 Å². The lowest BCUT2D eigenvalue weighted by molar-refractivity contribution is -0.597. The minimum atomic E-state index is -6.00. The van der Waals surface area contributed by atoms with Crippen LogP contribution in [0, 0.1) is 14.3 Å². The van der Waals surface area contributed by atoms with Gasteiger partial charge in [0.2, 0.25) is 0 Å². The first-order chi connectivity index (χ1) is 9.24. The Bertz CT molecular complexity index is 476. The molecule has 0 aliphatic heterocycles. The zero-order chi connectivity index (χ0) is 15.2. The van der Waals surface area contributed by atoms with Crippen molar-refractivity contribution in [3.05, 3.63) is 62.8 Å². The van der Waals surface area contributed by atoms with Crippen molar-refractivity contribution in [1.82, 2.24) is 0 Å². The van der Waals surface area contributed by atoms with Gasteiger partial charge in [-0.05, 0) is 93.7 Å². The topological polar surface area (TPSA) is 0 Å². The van der Waals surface area contributed by atoms with E-state index < -0.39 is 7.25 Å². The lowest BCUT2D eigenvalue weighted by atomic mass is 10.3. The lowest BCUT2D eigenvalue weighted by Crippen LogP contribution is -3.61. The van der Waals surface area contributed by atoms with Crippen LogP contribution in [-0.4, -0.2) is 7.25 Å². The maximum atomic E-state index is 9.75. The van der Waals surface area contributed by atoms with E-state index in [1.54, 1.807) is 0 Å². The van der Waals surface area contributed by atoms with Crippen LogP contribution in [0.15, 0.2) is 48.5 Å². The number of benzene rings is 2. The van der Waals surface area contributed by atoms with Crippen LogP contribution in [0.25, 0.3) is 0 Å². The Labute approximate surface area is 152 Å².